The van der Waals surface area contributed by atoms with Crippen molar-refractivity contribution in [3.8, 4) is 0 Å². The van der Waals surface area contributed by atoms with Crippen LogP contribution < -0.4 is 10.0 Å². The fourth-order valence-corrected chi connectivity index (χ4v) is 4.00. The van der Waals surface area contributed by atoms with Crippen molar-refractivity contribution < 1.29 is 17.8 Å². The maximum Gasteiger partial charge on any atom is 0.293 e. The van der Waals surface area contributed by atoms with Crippen LogP contribution in [-0.4, -0.2) is 24.9 Å². The summed E-state index contributed by atoms with van der Waals surface area (Å²) in [6.07, 6.45) is 3.00. The summed E-state index contributed by atoms with van der Waals surface area (Å²) < 4.78 is 32.6. The van der Waals surface area contributed by atoms with Crippen LogP contribution in [0.15, 0.2) is 45.9 Å². The second-order valence-corrected chi connectivity index (χ2v) is 9.14. The van der Waals surface area contributed by atoms with E-state index in [-0.39, 0.29) is 22.3 Å². The van der Waals surface area contributed by atoms with Gasteiger partial charge in [-0.25, -0.2) is 13.1 Å². The van der Waals surface area contributed by atoms with E-state index in [1.165, 1.54) is 12.1 Å². The van der Waals surface area contributed by atoms with E-state index in [4.69, 9.17) is 4.42 Å². The van der Waals surface area contributed by atoms with Gasteiger partial charge in [-0.3, -0.25) is 10.1 Å². The molecule has 0 spiro atoms. The van der Waals surface area contributed by atoms with Crippen LogP contribution in [0, 0.1) is 10.1 Å². The van der Waals surface area contributed by atoms with Gasteiger partial charge in [-0.2, -0.15) is 0 Å². The predicted molar refractivity (Wildman–Crippen MR) is 103 cm³/mol. The summed E-state index contributed by atoms with van der Waals surface area (Å²) in [5.74, 6) is 0.841. The van der Waals surface area contributed by atoms with Gasteiger partial charge >= 0.3 is 0 Å². The summed E-state index contributed by atoms with van der Waals surface area (Å²) in [7, 11) is -3.85. The molecule has 0 unspecified atom stereocenters. The van der Waals surface area contributed by atoms with Crippen molar-refractivity contribution in [2.75, 3.05) is 5.32 Å². The lowest BCUT2D eigenvalue weighted by molar-refractivity contribution is -0.384. The first-order valence-electron chi connectivity index (χ1n) is 8.59. The maximum atomic E-state index is 12.4. The summed E-state index contributed by atoms with van der Waals surface area (Å²) in [6.45, 7) is 7.01. The van der Waals surface area contributed by atoms with Gasteiger partial charge in [0.25, 0.3) is 5.69 Å². The highest BCUT2D eigenvalue weighted by Gasteiger charge is 2.25. The molecule has 0 amide bonds. The van der Waals surface area contributed by atoms with E-state index in [9.17, 15) is 18.5 Å². The molecule has 27 heavy (non-hydrogen) atoms. The van der Waals surface area contributed by atoms with E-state index in [1.807, 2.05) is 19.1 Å². The maximum absolute atomic E-state index is 12.4. The summed E-state index contributed by atoms with van der Waals surface area (Å²) >= 11 is 0. The lowest BCUT2D eigenvalue weighted by Gasteiger charge is -2.20. The Morgan fingerprint density at radius 3 is 2.52 bits per heavy atom. The van der Waals surface area contributed by atoms with Crippen molar-refractivity contribution in [3.63, 3.8) is 0 Å². The van der Waals surface area contributed by atoms with Crippen molar-refractivity contribution >= 4 is 21.4 Å². The monoisotopic (exact) mass is 395 g/mol. The van der Waals surface area contributed by atoms with Gasteiger partial charge in [0.1, 0.15) is 11.4 Å². The highest BCUT2D eigenvalue weighted by atomic mass is 32.2. The molecule has 0 bridgehead atoms. The minimum Gasteiger partial charge on any atom is -0.469 e. The molecule has 1 heterocycles. The number of aryl methyl sites for hydroxylation is 1. The number of benzene rings is 1. The molecule has 0 fully saturated rings. The van der Waals surface area contributed by atoms with Crippen LogP contribution in [0.25, 0.3) is 0 Å². The van der Waals surface area contributed by atoms with Gasteiger partial charge in [0.05, 0.1) is 16.1 Å². The zero-order valence-electron chi connectivity index (χ0n) is 15.9. The molecule has 1 aromatic heterocycles. The number of nitro groups is 1. The van der Waals surface area contributed by atoms with E-state index in [0.29, 0.717) is 12.8 Å². The van der Waals surface area contributed by atoms with E-state index < -0.39 is 20.5 Å². The number of furan rings is 1. The molecule has 2 N–H and O–H groups in total. The quantitative estimate of drug-likeness (QED) is 0.520. The summed E-state index contributed by atoms with van der Waals surface area (Å²) in [4.78, 5) is 10.7. The molecule has 0 aliphatic rings. The number of nitrogens with zero attached hydrogens (tertiary/aromatic N) is 1. The summed E-state index contributed by atoms with van der Waals surface area (Å²) in [5.41, 5.74) is -0.691. The van der Waals surface area contributed by atoms with Crippen LogP contribution in [0.2, 0.25) is 0 Å². The molecule has 9 heteroatoms. The summed E-state index contributed by atoms with van der Waals surface area (Å²) in [6, 6.07) is 7.49. The van der Waals surface area contributed by atoms with Gasteiger partial charge in [-0.05, 0) is 58.4 Å². The number of nitro benzene ring substituents is 1. The molecule has 1 aromatic carbocycles. The number of rotatable bonds is 8. The molecule has 0 aliphatic carbocycles. The van der Waals surface area contributed by atoms with Crippen LogP contribution >= 0.6 is 0 Å². The Bertz CT molecular complexity index is 886. The highest BCUT2D eigenvalue weighted by molar-refractivity contribution is 7.89. The van der Waals surface area contributed by atoms with Crippen molar-refractivity contribution in [2.24, 2.45) is 0 Å². The fourth-order valence-electron chi connectivity index (χ4n) is 2.56. The Balaban J connectivity index is 2.18. The van der Waals surface area contributed by atoms with Crippen LogP contribution in [0.1, 0.15) is 39.9 Å². The lowest BCUT2D eigenvalue weighted by Crippen LogP contribution is -2.40. The standard InChI is InChI=1S/C18H25N3O5S/c1-13(7-8-14-6-5-11-26-14)19-16-10-9-15(12-17(16)21(22)23)27(24,25)20-18(2,3)4/h5-6,9-13,19-20H,7-8H2,1-4H3/t13-/m1/s1. The zero-order chi connectivity index (χ0) is 20.2. The minimum atomic E-state index is -3.85. The van der Waals surface area contributed by atoms with Gasteiger partial charge < -0.3 is 9.73 Å². The first-order valence-corrected chi connectivity index (χ1v) is 10.1. The van der Waals surface area contributed by atoms with Gasteiger partial charge in [-0.1, -0.05) is 0 Å². The first-order chi connectivity index (χ1) is 12.5. The smallest absolute Gasteiger partial charge is 0.293 e. The number of anilines is 1. The Kier molecular flexibility index (Phi) is 6.27. The second kappa shape index (κ2) is 8.10. The second-order valence-electron chi connectivity index (χ2n) is 7.45. The van der Waals surface area contributed by atoms with Crippen molar-refractivity contribution in [3.05, 3.63) is 52.5 Å². The normalized spacial score (nSPS) is 13.3. The lowest BCUT2D eigenvalue weighted by atomic mass is 10.1. The van der Waals surface area contributed by atoms with Crippen molar-refractivity contribution in [1.82, 2.24) is 4.72 Å². The Morgan fingerprint density at radius 2 is 1.96 bits per heavy atom. The summed E-state index contributed by atoms with van der Waals surface area (Å²) in [5, 5.41) is 14.5. The van der Waals surface area contributed by atoms with Gasteiger partial charge in [-0.15, -0.1) is 0 Å². The molecule has 0 aliphatic heterocycles. The first kappa shape index (κ1) is 20.9. The van der Waals surface area contributed by atoms with Crippen LogP contribution in [0.3, 0.4) is 0 Å². The molecule has 0 radical (unpaired) electrons. The Labute approximate surface area is 159 Å². The largest absolute Gasteiger partial charge is 0.469 e. The average molecular weight is 395 g/mol. The van der Waals surface area contributed by atoms with Gasteiger partial charge in [0, 0.05) is 24.1 Å². The molecular weight excluding hydrogens is 370 g/mol. The van der Waals surface area contributed by atoms with Crippen LogP contribution in [0.5, 0.6) is 0 Å². The highest BCUT2D eigenvalue weighted by Crippen LogP contribution is 2.29. The van der Waals surface area contributed by atoms with Crippen LogP contribution in [-0.2, 0) is 16.4 Å². The number of sulfonamides is 1. The van der Waals surface area contributed by atoms with Gasteiger partial charge in [0.2, 0.25) is 10.0 Å². The third kappa shape index (κ3) is 6.07. The minimum absolute atomic E-state index is 0.0658. The predicted octanol–water partition coefficient (Wildman–Crippen LogP) is 3.70. The van der Waals surface area contributed by atoms with E-state index in [0.717, 1.165) is 11.8 Å². The third-order valence-electron chi connectivity index (χ3n) is 3.72. The van der Waals surface area contributed by atoms with Crippen LogP contribution in [0.4, 0.5) is 11.4 Å². The number of nitrogens with one attached hydrogen (secondary N) is 2. The van der Waals surface area contributed by atoms with E-state index in [2.05, 4.69) is 10.0 Å². The number of hydrogen-bond acceptors (Lipinski definition) is 6. The van der Waals surface area contributed by atoms with E-state index in [1.54, 1.807) is 27.0 Å². The topological polar surface area (TPSA) is 114 Å². The molecular formula is C18H25N3O5S. The Morgan fingerprint density at radius 1 is 1.26 bits per heavy atom. The molecule has 8 nitrogen and oxygen atoms in total. The van der Waals surface area contributed by atoms with E-state index >= 15 is 0 Å². The Hall–Kier alpha value is -2.39. The molecule has 0 saturated heterocycles. The third-order valence-corrected chi connectivity index (χ3v) is 5.48. The zero-order valence-corrected chi connectivity index (χ0v) is 16.7. The molecule has 2 rings (SSSR count). The molecule has 1 atom stereocenters. The average Bonchev–Trinajstić information content (AvgIpc) is 3.04. The fraction of sp³-hybridized carbons (Fsp3) is 0.444. The van der Waals surface area contributed by atoms with Gasteiger partial charge in [0.15, 0.2) is 0 Å². The van der Waals surface area contributed by atoms with Crippen molar-refractivity contribution in [1.29, 1.82) is 0 Å². The SMILES string of the molecule is C[C@H](CCc1ccco1)Nc1ccc(S(=O)(=O)NC(C)(C)C)cc1[N+](=O)[O-]. The molecule has 148 valence electrons. The molecule has 2 aromatic rings. The van der Waals surface area contributed by atoms with Crippen molar-refractivity contribution in [2.45, 2.75) is 57.0 Å². The molecule has 0 saturated carbocycles. The number of hydrogen-bond donors (Lipinski definition) is 2.